The molecular formula is C13H26N2. The van der Waals surface area contributed by atoms with Gasteiger partial charge in [-0.1, -0.05) is 13.8 Å². The summed E-state index contributed by atoms with van der Waals surface area (Å²) in [6.07, 6.45) is 6.69. The molecule has 1 atom stereocenters. The Morgan fingerprint density at radius 2 is 1.87 bits per heavy atom. The highest BCUT2D eigenvalue weighted by Gasteiger charge is 2.29. The van der Waals surface area contributed by atoms with Gasteiger partial charge < -0.3 is 10.6 Å². The Bertz CT molecular complexity index is 199. The molecule has 0 amide bonds. The summed E-state index contributed by atoms with van der Waals surface area (Å²) in [5.41, 5.74) is 6.70. The second-order valence-corrected chi connectivity index (χ2v) is 6.30. The Hall–Kier alpha value is -0.0800. The van der Waals surface area contributed by atoms with Crippen LogP contribution in [0.25, 0.3) is 0 Å². The van der Waals surface area contributed by atoms with Gasteiger partial charge in [0.25, 0.3) is 0 Å². The lowest BCUT2D eigenvalue weighted by Crippen LogP contribution is -2.39. The molecule has 0 aromatic rings. The van der Waals surface area contributed by atoms with Crippen molar-refractivity contribution in [2.75, 3.05) is 19.6 Å². The standard InChI is InChI=1S/C13H26N2/c1-13(2)6-9-15(10-7-13)8-5-12(14)11-3-4-11/h11-12H,3-10,14H2,1-2H3. The summed E-state index contributed by atoms with van der Waals surface area (Å²) in [7, 11) is 0. The van der Waals surface area contributed by atoms with E-state index in [9.17, 15) is 0 Å². The Kier molecular flexibility index (Phi) is 3.36. The highest BCUT2D eigenvalue weighted by Crippen LogP contribution is 2.33. The van der Waals surface area contributed by atoms with Crippen LogP contribution in [0.4, 0.5) is 0 Å². The first-order valence-electron chi connectivity index (χ1n) is 6.55. The van der Waals surface area contributed by atoms with Crippen molar-refractivity contribution in [3.05, 3.63) is 0 Å². The first kappa shape index (κ1) is 11.4. The van der Waals surface area contributed by atoms with Gasteiger partial charge in [0.05, 0.1) is 0 Å². The van der Waals surface area contributed by atoms with Crippen LogP contribution in [0.5, 0.6) is 0 Å². The largest absolute Gasteiger partial charge is 0.327 e. The van der Waals surface area contributed by atoms with Crippen molar-refractivity contribution in [3.8, 4) is 0 Å². The zero-order valence-corrected chi connectivity index (χ0v) is 10.3. The van der Waals surface area contributed by atoms with Crippen LogP contribution in [-0.2, 0) is 0 Å². The molecule has 2 nitrogen and oxygen atoms in total. The Morgan fingerprint density at radius 3 is 2.40 bits per heavy atom. The van der Waals surface area contributed by atoms with Gasteiger partial charge in [0.15, 0.2) is 0 Å². The number of hydrogen-bond acceptors (Lipinski definition) is 2. The maximum absolute atomic E-state index is 6.12. The molecule has 2 aliphatic rings. The highest BCUT2D eigenvalue weighted by molar-refractivity contribution is 4.85. The van der Waals surface area contributed by atoms with Gasteiger partial charge in [-0.15, -0.1) is 0 Å². The van der Waals surface area contributed by atoms with Crippen LogP contribution >= 0.6 is 0 Å². The van der Waals surface area contributed by atoms with Crippen molar-refractivity contribution in [2.24, 2.45) is 17.1 Å². The minimum atomic E-state index is 0.486. The first-order chi connectivity index (χ1) is 7.07. The lowest BCUT2D eigenvalue weighted by Gasteiger charge is -2.37. The number of hydrogen-bond donors (Lipinski definition) is 1. The fourth-order valence-electron chi connectivity index (χ4n) is 2.47. The quantitative estimate of drug-likeness (QED) is 0.771. The Balaban J connectivity index is 1.63. The molecule has 2 heteroatoms. The van der Waals surface area contributed by atoms with Crippen LogP contribution in [0.15, 0.2) is 0 Å². The number of nitrogens with zero attached hydrogens (tertiary/aromatic N) is 1. The zero-order chi connectivity index (χ0) is 10.9. The van der Waals surface area contributed by atoms with E-state index in [1.807, 2.05) is 0 Å². The van der Waals surface area contributed by atoms with E-state index in [0.717, 1.165) is 5.92 Å². The van der Waals surface area contributed by atoms with Gasteiger partial charge in [0, 0.05) is 6.04 Å². The first-order valence-corrected chi connectivity index (χ1v) is 6.55. The summed E-state index contributed by atoms with van der Waals surface area (Å²) < 4.78 is 0. The molecule has 0 aromatic heterocycles. The maximum Gasteiger partial charge on any atom is 0.00793 e. The summed E-state index contributed by atoms with van der Waals surface area (Å²) in [6, 6.07) is 0.486. The van der Waals surface area contributed by atoms with E-state index in [1.54, 1.807) is 0 Å². The molecule has 2 N–H and O–H groups in total. The van der Waals surface area contributed by atoms with E-state index in [2.05, 4.69) is 18.7 Å². The minimum Gasteiger partial charge on any atom is -0.327 e. The average molecular weight is 210 g/mol. The third kappa shape index (κ3) is 3.46. The molecule has 2 rings (SSSR count). The van der Waals surface area contributed by atoms with E-state index in [1.165, 1.54) is 51.7 Å². The van der Waals surface area contributed by atoms with Gasteiger partial charge in [-0.3, -0.25) is 0 Å². The third-order valence-electron chi connectivity index (χ3n) is 4.22. The average Bonchev–Trinajstić information content (AvgIpc) is 2.99. The molecule has 1 aliphatic carbocycles. The summed E-state index contributed by atoms with van der Waals surface area (Å²) in [6.45, 7) is 8.57. The van der Waals surface area contributed by atoms with E-state index in [4.69, 9.17) is 5.73 Å². The molecule has 15 heavy (non-hydrogen) atoms. The topological polar surface area (TPSA) is 29.3 Å². The SMILES string of the molecule is CC1(C)CCN(CCC(N)C2CC2)CC1. The van der Waals surface area contributed by atoms with E-state index >= 15 is 0 Å². The van der Waals surface area contributed by atoms with Gasteiger partial charge in [-0.25, -0.2) is 0 Å². The van der Waals surface area contributed by atoms with Crippen molar-refractivity contribution < 1.29 is 0 Å². The van der Waals surface area contributed by atoms with Crippen LogP contribution in [0.2, 0.25) is 0 Å². The van der Waals surface area contributed by atoms with E-state index in [0.29, 0.717) is 11.5 Å². The molecule has 1 saturated heterocycles. The lowest BCUT2D eigenvalue weighted by atomic mass is 9.82. The number of rotatable bonds is 4. The van der Waals surface area contributed by atoms with Crippen LogP contribution in [0, 0.1) is 11.3 Å². The summed E-state index contributed by atoms with van der Waals surface area (Å²) in [5.74, 6) is 0.867. The summed E-state index contributed by atoms with van der Waals surface area (Å²) >= 11 is 0. The number of nitrogens with two attached hydrogens (primary N) is 1. The zero-order valence-electron chi connectivity index (χ0n) is 10.3. The molecule has 0 aromatic carbocycles. The van der Waals surface area contributed by atoms with Crippen LogP contribution in [0.1, 0.15) is 46.0 Å². The normalized spacial score (nSPS) is 29.0. The van der Waals surface area contributed by atoms with Gasteiger partial charge in [0.2, 0.25) is 0 Å². The fourth-order valence-corrected chi connectivity index (χ4v) is 2.47. The maximum atomic E-state index is 6.12. The second kappa shape index (κ2) is 4.42. The summed E-state index contributed by atoms with van der Waals surface area (Å²) in [4.78, 5) is 2.60. The molecule has 0 radical (unpaired) electrons. The fraction of sp³-hybridized carbons (Fsp3) is 1.00. The third-order valence-corrected chi connectivity index (χ3v) is 4.22. The molecule has 88 valence electrons. The van der Waals surface area contributed by atoms with Crippen molar-refractivity contribution in [1.29, 1.82) is 0 Å². The molecule has 0 bridgehead atoms. The number of piperidine rings is 1. The van der Waals surface area contributed by atoms with Crippen molar-refractivity contribution >= 4 is 0 Å². The van der Waals surface area contributed by atoms with Crippen molar-refractivity contribution in [1.82, 2.24) is 4.90 Å². The molecule has 1 heterocycles. The molecule has 1 aliphatic heterocycles. The molecule has 1 unspecified atom stereocenters. The molecular weight excluding hydrogens is 184 g/mol. The lowest BCUT2D eigenvalue weighted by molar-refractivity contribution is 0.129. The smallest absolute Gasteiger partial charge is 0.00793 e. The van der Waals surface area contributed by atoms with Gasteiger partial charge in [-0.05, 0) is 63.1 Å². The molecule has 2 fully saturated rings. The van der Waals surface area contributed by atoms with Crippen LogP contribution in [0.3, 0.4) is 0 Å². The summed E-state index contributed by atoms with van der Waals surface area (Å²) in [5, 5.41) is 0. The van der Waals surface area contributed by atoms with E-state index in [-0.39, 0.29) is 0 Å². The van der Waals surface area contributed by atoms with Crippen LogP contribution < -0.4 is 5.73 Å². The molecule has 1 saturated carbocycles. The predicted molar refractivity (Wildman–Crippen MR) is 64.8 cm³/mol. The van der Waals surface area contributed by atoms with Crippen LogP contribution in [-0.4, -0.2) is 30.6 Å². The predicted octanol–water partition coefficient (Wildman–Crippen LogP) is 2.24. The van der Waals surface area contributed by atoms with Crippen molar-refractivity contribution in [2.45, 2.75) is 52.0 Å². The monoisotopic (exact) mass is 210 g/mol. The Morgan fingerprint density at radius 1 is 1.27 bits per heavy atom. The second-order valence-electron chi connectivity index (χ2n) is 6.30. The van der Waals surface area contributed by atoms with Crippen molar-refractivity contribution in [3.63, 3.8) is 0 Å². The molecule has 0 spiro atoms. The number of likely N-dealkylation sites (tertiary alicyclic amines) is 1. The minimum absolute atomic E-state index is 0.486. The van der Waals surface area contributed by atoms with Gasteiger partial charge in [0.1, 0.15) is 0 Å². The Labute approximate surface area is 94.2 Å². The van der Waals surface area contributed by atoms with Gasteiger partial charge in [-0.2, -0.15) is 0 Å². The highest BCUT2D eigenvalue weighted by atomic mass is 15.1. The van der Waals surface area contributed by atoms with Gasteiger partial charge >= 0.3 is 0 Å². The van der Waals surface area contributed by atoms with E-state index < -0.39 is 0 Å².